The van der Waals surface area contributed by atoms with Crippen LogP contribution in [0.15, 0.2) is 40.6 Å². The fourth-order valence-corrected chi connectivity index (χ4v) is 3.73. The molecule has 2 aromatic heterocycles. The smallest absolute Gasteiger partial charge is 0.238 e. The number of hydrogen-bond acceptors (Lipinski definition) is 5. The highest BCUT2D eigenvalue weighted by Crippen LogP contribution is 2.29. The summed E-state index contributed by atoms with van der Waals surface area (Å²) in [5.74, 6) is 0.695. The lowest BCUT2D eigenvalue weighted by Crippen LogP contribution is -2.12. The van der Waals surface area contributed by atoms with E-state index in [0.29, 0.717) is 16.3 Å². The molecule has 1 aromatic carbocycles. The van der Waals surface area contributed by atoms with Crippen molar-refractivity contribution in [3.63, 3.8) is 0 Å². The van der Waals surface area contributed by atoms with Gasteiger partial charge in [0, 0.05) is 0 Å². The van der Waals surface area contributed by atoms with Crippen LogP contribution in [0.5, 0.6) is 0 Å². The number of nitrogens with two attached hydrogens (primary N) is 1. The summed E-state index contributed by atoms with van der Waals surface area (Å²) in [6.45, 7) is 2.00. The van der Waals surface area contributed by atoms with Crippen LogP contribution in [0, 0.1) is 11.7 Å². The summed E-state index contributed by atoms with van der Waals surface area (Å²) < 4.78 is 24.9. The third-order valence-electron chi connectivity index (χ3n) is 3.16. The van der Waals surface area contributed by atoms with Crippen molar-refractivity contribution in [3.05, 3.63) is 46.0 Å². The van der Waals surface area contributed by atoms with Crippen LogP contribution in [0.1, 0.15) is 5.56 Å². The summed E-state index contributed by atoms with van der Waals surface area (Å²) in [6, 6.07) is 8.20. The number of thiophene rings is 1. The molecule has 0 spiro atoms. The van der Waals surface area contributed by atoms with E-state index < -0.39 is 10.0 Å². The zero-order chi connectivity index (χ0) is 15.9. The van der Waals surface area contributed by atoms with Gasteiger partial charge >= 0.3 is 0 Å². The first-order chi connectivity index (χ1) is 10.4. The summed E-state index contributed by atoms with van der Waals surface area (Å²) >= 11 is 6.85. The molecule has 0 aliphatic heterocycles. The predicted octanol–water partition coefficient (Wildman–Crippen LogP) is 2.61. The third-order valence-corrected chi connectivity index (χ3v) is 5.38. The minimum atomic E-state index is -3.72. The second-order valence-corrected chi connectivity index (χ2v) is 7.52. The number of aromatic nitrogens is 3. The number of benzene rings is 1. The summed E-state index contributed by atoms with van der Waals surface area (Å²) in [7, 11) is -3.72. The molecule has 0 amide bonds. The van der Waals surface area contributed by atoms with E-state index >= 15 is 0 Å². The van der Waals surface area contributed by atoms with E-state index in [1.54, 1.807) is 28.0 Å². The summed E-state index contributed by atoms with van der Waals surface area (Å²) in [6.07, 6.45) is 0. The van der Waals surface area contributed by atoms with Crippen molar-refractivity contribution in [2.45, 2.75) is 11.8 Å². The number of H-pyrrole nitrogens is 1. The number of sulfonamides is 1. The minimum absolute atomic E-state index is 0.0557. The second kappa shape index (κ2) is 5.43. The van der Waals surface area contributed by atoms with Gasteiger partial charge in [-0.1, -0.05) is 0 Å². The van der Waals surface area contributed by atoms with E-state index in [4.69, 9.17) is 17.4 Å². The molecule has 0 saturated carbocycles. The fourth-order valence-electron chi connectivity index (χ4n) is 2.08. The Balaban J connectivity index is 2.16. The van der Waals surface area contributed by atoms with E-state index in [9.17, 15) is 8.42 Å². The number of rotatable bonds is 3. The Labute approximate surface area is 136 Å². The molecule has 3 aromatic rings. The molecule has 0 fully saturated rings. The maximum atomic E-state index is 11.3. The normalized spacial score (nSPS) is 11.7. The van der Waals surface area contributed by atoms with Crippen LogP contribution in [0.4, 0.5) is 0 Å². The quantitative estimate of drug-likeness (QED) is 0.709. The van der Waals surface area contributed by atoms with Gasteiger partial charge in [-0.2, -0.15) is 5.10 Å². The number of hydrogen-bond donors (Lipinski definition) is 2. The summed E-state index contributed by atoms with van der Waals surface area (Å²) in [5.41, 5.74) is 1.82. The van der Waals surface area contributed by atoms with Crippen LogP contribution in [0.25, 0.3) is 16.4 Å². The van der Waals surface area contributed by atoms with Gasteiger partial charge in [0.25, 0.3) is 0 Å². The van der Waals surface area contributed by atoms with Crippen LogP contribution in [0.2, 0.25) is 0 Å². The lowest BCUT2D eigenvalue weighted by molar-refractivity contribution is 0.598. The highest BCUT2D eigenvalue weighted by molar-refractivity contribution is 7.89. The van der Waals surface area contributed by atoms with Gasteiger partial charge in [0.15, 0.2) is 10.6 Å². The van der Waals surface area contributed by atoms with Gasteiger partial charge in [-0.25, -0.2) is 13.6 Å². The van der Waals surface area contributed by atoms with Gasteiger partial charge in [-0.3, -0.25) is 9.67 Å². The maximum absolute atomic E-state index is 11.3. The molecule has 0 saturated heterocycles. The molecule has 2 heterocycles. The molecule has 114 valence electrons. The molecular formula is C13H12N4O2S3. The van der Waals surface area contributed by atoms with Gasteiger partial charge in [0.1, 0.15) is 0 Å². The number of aromatic amines is 1. The number of nitrogens with zero attached hydrogens (tertiary/aromatic N) is 2. The van der Waals surface area contributed by atoms with Crippen molar-refractivity contribution in [2.75, 3.05) is 0 Å². The topological polar surface area (TPSA) is 93.8 Å². The number of primary sulfonamides is 1. The Morgan fingerprint density at radius 3 is 2.50 bits per heavy atom. The van der Waals surface area contributed by atoms with E-state index in [1.807, 2.05) is 18.4 Å². The monoisotopic (exact) mass is 352 g/mol. The first-order valence-corrected chi connectivity index (χ1v) is 9.06. The van der Waals surface area contributed by atoms with Crippen molar-refractivity contribution >= 4 is 33.6 Å². The minimum Gasteiger partial charge on any atom is -0.267 e. The largest absolute Gasteiger partial charge is 0.267 e. The van der Waals surface area contributed by atoms with Gasteiger partial charge in [-0.05, 0) is 60.4 Å². The average Bonchev–Trinajstić information content (AvgIpc) is 3.04. The van der Waals surface area contributed by atoms with Crippen molar-refractivity contribution < 1.29 is 8.42 Å². The molecule has 0 unspecified atom stereocenters. The van der Waals surface area contributed by atoms with Gasteiger partial charge < -0.3 is 0 Å². The van der Waals surface area contributed by atoms with E-state index in [2.05, 4.69) is 10.2 Å². The highest BCUT2D eigenvalue weighted by atomic mass is 32.2. The Morgan fingerprint density at radius 2 is 1.95 bits per heavy atom. The summed E-state index contributed by atoms with van der Waals surface area (Å²) in [4.78, 5) is 1.06. The first kappa shape index (κ1) is 15.1. The zero-order valence-corrected chi connectivity index (χ0v) is 13.9. The van der Waals surface area contributed by atoms with Crippen molar-refractivity contribution in [3.8, 4) is 16.4 Å². The van der Waals surface area contributed by atoms with Crippen molar-refractivity contribution in [2.24, 2.45) is 5.14 Å². The highest BCUT2D eigenvalue weighted by Gasteiger charge is 2.15. The fraction of sp³-hybridized carbons (Fsp3) is 0.0769. The van der Waals surface area contributed by atoms with E-state index in [-0.39, 0.29) is 4.90 Å². The summed E-state index contributed by atoms with van der Waals surface area (Å²) in [5, 5.41) is 14.1. The molecule has 6 nitrogen and oxygen atoms in total. The Morgan fingerprint density at radius 1 is 1.27 bits per heavy atom. The second-order valence-electron chi connectivity index (χ2n) is 4.66. The molecular weight excluding hydrogens is 340 g/mol. The standard InChI is InChI=1S/C13H12N4O2S3/c1-8-6-7-21-11(8)12-15-16-13(20)17(12)9-2-4-10(5-3-9)22(14,18)19/h2-7H,1H3,(H,16,20)(H2,14,18,19). The molecule has 0 bridgehead atoms. The lowest BCUT2D eigenvalue weighted by atomic mass is 10.2. The molecule has 0 aliphatic rings. The van der Waals surface area contributed by atoms with E-state index in [0.717, 1.165) is 10.4 Å². The van der Waals surface area contributed by atoms with Gasteiger partial charge in [0.2, 0.25) is 10.0 Å². The van der Waals surface area contributed by atoms with E-state index in [1.165, 1.54) is 12.1 Å². The molecule has 9 heteroatoms. The molecule has 0 atom stereocenters. The number of nitrogens with one attached hydrogen (secondary N) is 1. The van der Waals surface area contributed by atoms with Crippen molar-refractivity contribution in [1.82, 2.24) is 14.8 Å². The SMILES string of the molecule is Cc1ccsc1-c1n[nH]c(=S)n1-c1ccc(S(N)(=O)=O)cc1. The van der Waals surface area contributed by atoms with Crippen LogP contribution in [0.3, 0.4) is 0 Å². The van der Waals surface area contributed by atoms with Crippen LogP contribution >= 0.6 is 23.6 Å². The molecule has 22 heavy (non-hydrogen) atoms. The first-order valence-electron chi connectivity index (χ1n) is 6.23. The van der Waals surface area contributed by atoms with Crippen LogP contribution < -0.4 is 5.14 Å². The molecule has 3 N–H and O–H groups in total. The van der Waals surface area contributed by atoms with Gasteiger partial charge in [0.05, 0.1) is 15.5 Å². The average molecular weight is 352 g/mol. The molecule has 0 aliphatic carbocycles. The molecule has 0 radical (unpaired) electrons. The Kier molecular flexibility index (Phi) is 3.73. The Hall–Kier alpha value is -1.81. The lowest BCUT2D eigenvalue weighted by Gasteiger charge is -2.07. The zero-order valence-electron chi connectivity index (χ0n) is 11.5. The Bertz CT molecular complexity index is 981. The predicted molar refractivity (Wildman–Crippen MR) is 88.2 cm³/mol. The van der Waals surface area contributed by atoms with Crippen LogP contribution in [-0.2, 0) is 10.0 Å². The third kappa shape index (κ3) is 2.63. The molecule has 3 rings (SSSR count). The van der Waals surface area contributed by atoms with Crippen molar-refractivity contribution in [1.29, 1.82) is 0 Å². The number of aryl methyl sites for hydroxylation is 1. The van der Waals surface area contributed by atoms with Crippen LogP contribution in [-0.4, -0.2) is 23.2 Å². The van der Waals surface area contributed by atoms with Gasteiger partial charge in [-0.15, -0.1) is 11.3 Å². The maximum Gasteiger partial charge on any atom is 0.238 e.